The van der Waals surface area contributed by atoms with Crippen LogP contribution >= 0.6 is 0 Å². The van der Waals surface area contributed by atoms with Crippen molar-refractivity contribution in [1.82, 2.24) is 20.1 Å². The van der Waals surface area contributed by atoms with E-state index in [1.54, 1.807) is 44.4 Å². The highest BCUT2D eigenvalue weighted by atomic mass is 19.4. The number of aromatic nitrogens is 3. The molecule has 0 aliphatic carbocycles. The lowest BCUT2D eigenvalue weighted by Crippen LogP contribution is -2.27. The van der Waals surface area contributed by atoms with E-state index in [4.69, 9.17) is 0 Å². The van der Waals surface area contributed by atoms with Gasteiger partial charge in [0.1, 0.15) is 0 Å². The molecule has 0 aliphatic rings. The first-order valence-corrected chi connectivity index (χ1v) is 8.20. The van der Waals surface area contributed by atoms with E-state index in [-0.39, 0.29) is 11.9 Å². The van der Waals surface area contributed by atoms with Crippen molar-refractivity contribution in [2.24, 2.45) is 0 Å². The van der Waals surface area contributed by atoms with Gasteiger partial charge in [0.15, 0.2) is 0 Å². The SMILES string of the molecule is Cc1c(C(C)NC(=O)c2cccnc2)cnn1-c1cccc(C(F)(F)F)c1. The van der Waals surface area contributed by atoms with Crippen molar-refractivity contribution in [2.45, 2.75) is 26.1 Å². The largest absolute Gasteiger partial charge is 0.416 e. The summed E-state index contributed by atoms with van der Waals surface area (Å²) in [6.45, 7) is 3.53. The Labute approximate surface area is 153 Å². The molecule has 1 amide bonds. The summed E-state index contributed by atoms with van der Waals surface area (Å²) in [5, 5.41) is 7.04. The minimum absolute atomic E-state index is 0.290. The van der Waals surface area contributed by atoms with E-state index in [0.29, 0.717) is 22.5 Å². The second-order valence-corrected chi connectivity index (χ2v) is 6.08. The molecule has 8 heteroatoms. The van der Waals surface area contributed by atoms with Gasteiger partial charge in [-0.15, -0.1) is 0 Å². The lowest BCUT2D eigenvalue weighted by molar-refractivity contribution is -0.137. The van der Waals surface area contributed by atoms with Crippen molar-refractivity contribution in [3.63, 3.8) is 0 Å². The van der Waals surface area contributed by atoms with Crippen LogP contribution in [0.3, 0.4) is 0 Å². The van der Waals surface area contributed by atoms with Gasteiger partial charge in [0.05, 0.1) is 29.1 Å². The summed E-state index contributed by atoms with van der Waals surface area (Å²) < 4.78 is 40.2. The Balaban J connectivity index is 1.84. The number of rotatable bonds is 4. The molecule has 5 nitrogen and oxygen atoms in total. The number of amides is 1. The van der Waals surface area contributed by atoms with E-state index in [0.717, 1.165) is 12.1 Å². The fourth-order valence-electron chi connectivity index (χ4n) is 2.78. The molecule has 1 atom stereocenters. The Morgan fingerprint density at radius 1 is 1.19 bits per heavy atom. The highest BCUT2D eigenvalue weighted by molar-refractivity contribution is 5.94. The molecule has 0 saturated heterocycles. The molecule has 0 bridgehead atoms. The third-order valence-corrected chi connectivity index (χ3v) is 4.20. The van der Waals surface area contributed by atoms with E-state index >= 15 is 0 Å². The van der Waals surface area contributed by atoms with E-state index in [2.05, 4.69) is 15.4 Å². The highest BCUT2D eigenvalue weighted by Crippen LogP contribution is 2.31. The number of carbonyl (C=O) groups excluding carboxylic acids is 1. The Hall–Kier alpha value is -3.16. The molecule has 1 aromatic carbocycles. The molecule has 3 rings (SSSR count). The number of carbonyl (C=O) groups is 1. The maximum Gasteiger partial charge on any atom is 0.416 e. The predicted octanol–water partition coefficient (Wildman–Crippen LogP) is 4.09. The second-order valence-electron chi connectivity index (χ2n) is 6.08. The molecule has 0 radical (unpaired) electrons. The standard InChI is InChI=1S/C19H17F3N4O/c1-12(25-18(27)14-5-4-8-23-10-14)17-11-24-26(13(17)2)16-7-3-6-15(9-16)19(20,21)22/h3-12H,1-2H3,(H,25,27). The summed E-state index contributed by atoms with van der Waals surface area (Å²) in [4.78, 5) is 16.2. The van der Waals surface area contributed by atoms with Gasteiger partial charge in [-0.3, -0.25) is 9.78 Å². The summed E-state index contributed by atoms with van der Waals surface area (Å²) in [6.07, 6.45) is 0.152. The topological polar surface area (TPSA) is 59.8 Å². The van der Waals surface area contributed by atoms with Crippen molar-refractivity contribution < 1.29 is 18.0 Å². The maximum absolute atomic E-state index is 12.9. The lowest BCUT2D eigenvalue weighted by atomic mass is 10.1. The third-order valence-electron chi connectivity index (χ3n) is 4.20. The number of pyridine rings is 1. The summed E-state index contributed by atoms with van der Waals surface area (Å²) in [7, 11) is 0. The van der Waals surface area contributed by atoms with Crippen molar-refractivity contribution in [1.29, 1.82) is 0 Å². The van der Waals surface area contributed by atoms with Gasteiger partial charge in [0, 0.05) is 23.7 Å². The van der Waals surface area contributed by atoms with E-state index < -0.39 is 11.7 Å². The zero-order chi connectivity index (χ0) is 19.6. The Morgan fingerprint density at radius 3 is 2.63 bits per heavy atom. The molecule has 27 heavy (non-hydrogen) atoms. The van der Waals surface area contributed by atoms with E-state index in [1.807, 2.05) is 0 Å². The molecular formula is C19H17F3N4O. The van der Waals surface area contributed by atoms with Crippen molar-refractivity contribution in [3.8, 4) is 5.69 Å². The smallest absolute Gasteiger partial charge is 0.345 e. The van der Waals surface area contributed by atoms with Crippen LogP contribution in [0, 0.1) is 6.92 Å². The Morgan fingerprint density at radius 2 is 1.96 bits per heavy atom. The Kier molecular flexibility index (Phi) is 4.98. The van der Waals surface area contributed by atoms with Crippen LogP contribution in [0.5, 0.6) is 0 Å². The second kappa shape index (κ2) is 7.22. The Bertz CT molecular complexity index is 951. The summed E-state index contributed by atoms with van der Waals surface area (Å²) in [5.74, 6) is -0.290. The van der Waals surface area contributed by atoms with Gasteiger partial charge >= 0.3 is 6.18 Å². The first-order chi connectivity index (χ1) is 12.8. The third kappa shape index (κ3) is 3.99. The first kappa shape index (κ1) is 18.6. The molecule has 140 valence electrons. The molecule has 0 spiro atoms. The summed E-state index contributed by atoms with van der Waals surface area (Å²) in [5.41, 5.74) is 1.35. The van der Waals surface area contributed by atoms with Crippen LogP contribution in [0.2, 0.25) is 0 Å². The van der Waals surface area contributed by atoms with Crippen LogP contribution in [0.1, 0.15) is 40.1 Å². The number of nitrogens with zero attached hydrogens (tertiary/aromatic N) is 3. The number of halogens is 3. The summed E-state index contributed by atoms with van der Waals surface area (Å²) in [6, 6.07) is 7.88. The fourth-order valence-corrected chi connectivity index (χ4v) is 2.78. The highest BCUT2D eigenvalue weighted by Gasteiger charge is 2.30. The minimum Gasteiger partial charge on any atom is -0.345 e. The molecule has 3 aromatic rings. The van der Waals surface area contributed by atoms with E-state index in [9.17, 15) is 18.0 Å². The zero-order valence-corrected chi connectivity index (χ0v) is 14.7. The van der Waals surface area contributed by atoms with Gasteiger partial charge in [-0.1, -0.05) is 6.07 Å². The molecular weight excluding hydrogens is 357 g/mol. The van der Waals surface area contributed by atoms with Crippen molar-refractivity contribution in [3.05, 3.63) is 77.4 Å². The molecule has 2 heterocycles. The molecule has 0 aliphatic heterocycles. The predicted molar refractivity (Wildman–Crippen MR) is 93.4 cm³/mol. The van der Waals surface area contributed by atoms with Crippen LogP contribution in [0.4, 0.5) is 13.2 Å². The first-order valence-electron chi connectivity index (χ1n) is 8.20. The van der Waals surface area contributed by atoms with Crippen LogP contribution in [0.15, 0.2) is 55.0 Å². The number of benzene rings is 1. The maximum atomic E-state index is 12.9. The van der Waals surface area contributed by atoms with Crippen molar-refractivity contribution in [2.75, 3.05) is 0 Å². The van der Waals surface area contributed by atoms with Crippen LogP contribution < -0.4 is 5.32 Å². The van der Waals surface area contributed by atoms with Gasteiger partial charge in [-0.05, 0) is 44.2 Å². The van der Waals surface area contributed by atoms with E-state index in [1.165, 1.54) is 16.9 Å². The van der Waals surface area contributed by atoms with Gasteiger partial charge in [-0.25, -0.2) is 4.68 Å². The van der Waals surface area contributed by atoms with Crippen LogP contribution in [0.25, 0.3) is 5.69 Å². The zero-order valence-electron chi connectivity index (χ0n) is 14.7. The monoisotopic (exact) mass is 374 g/mol. The van der Waals surface area contributed by atoms with Crippen LogP contribution in [-0.2, 0) is 6.18 Å². The molecule has 0 fully saturated rings. The quantitative estimate of drug-likeness (QED) is 0.748. The summed E-state index contributed by atoms with van der Waals surface area (Å²) >= 11 is 0. The molecule has 1 N–H and O–H groups in total. The number of alkyl halides is 3. The van der Waals surface area contributed by atoms with Crippen molar-refractivity contribution >= 4 is 5.91 Å². The average Bonchev–Trinajstić information content (AvgIpc) is 3.03. The lowest BCUT2D eigenvalue weighted by Gasteiger charge is -2.14. The normalized spacial score (nSPS) is 12.6. The fraction of sp³-hybridized carbons (Fsp3) is 0.211. The van der Waals surface area contributed by atoms with Gasteiger partial charge in [0.25, 0.3) is 5.91 Å². The number of nitrogens with one attached hydrogen (secondary N) is 1. The van der Waals surface area contributed by atoms with Gasteiger partial charge in [0.2, 0.25) is 0 Å². The van der Waals surface area contributed by atoms with Gasteiger partial charge in [-0.2, -0.15) is 18.3 Å². The molecule has 1 unspecified atom stereocenters. The number of hydrogen-bond donors (Lipinski definition) is 1. The van der Waals surface area contributed by atoms with Crippen LogP contribution in [-0.4, -0.2) is 20.7 Å². The average molecular weight is 374 g/mol. The van der Waals surface area contributed by atoms with Gasteiger partial charge < -0.3 is 5.32 Å². The molecule has 2 aromatic heterocycles. The molecule has 0 saturated carbocycles. The minimum atomic E-state index is -4.43. The number of hydrogen-bond acceptors (Lipinski definition) is 3.